The van der Waals surface area contributed by atoms with Gasteiger partial charge in [0.05, 0.1) is 5.56 Å². The standard InChI is InChI=1S/C22H25F3N2O2/c1-14-9-19(28)10-15(2)20(14)12-18(26-3)13-27-21(29)8-7-16-5-4-6-17(11-16)22(23,24)25/h4-11,18,26,28H,12-13H2,1-3H3,(H,27,29)/b8-7+/t18-/m0/s1. The molecule has 0 saturated carbocycles. The van der Waals surface area contributed by atoms with Crippen LogP contribution in [0.15, 0.2) is 42.5 Å². The number of alkyl halides is 3. The molecule has 1 amide bonds. The van der Waals surface area contributed by atoms with Crippen molar-refractivity contribution in [3.05, 3.63) is 70.3 Å². The van der Waals surface area contributed by atoms with Crippen molar-refractivity contribution in [2.24, 2.45) is 0 Å². The van der Waals surface area contributed by atoms with Crippen molar-refractivity contribution in [1.29, 1.82) is 0 Å². The molecule has 3 N–H and O–H groups in total. The number of rotatable bonds is 7. The van der Waals surface area contributed by atoms with Crippen LogP contribution in [0.4, 0.5) is 13.2 Å². The first-order valence-electron chi connectivity index (χ1n) is 9.19. The van der Waals surface area contributed by atoms with Gasteiger partial charge in [-0.3, -0.25) is 4.79 Å². The van der Waals surface area contributed by atoms with Crippen molar-refractivity contribution in [2.75, 3.05) is 13.6 Å². The first-order valence-corrected chi connectivity index (χ1v) is 9.19. The van der Waals surface area contributed by atoms with E-state index in [2.05, 4.69) is 10.6 Å². The number of halogens is 3. The third-order valence-electron chi connectivity index (χ3n) is 4.70. The molecule has 0 aliphatic carbocycles. The number of benzene rings is 2. The molecule has 2 aromatic carbocycles. The maximum Gasteiger partial charge on any atom is 0.416 e. The summed E-state index contributed by atoms with van der Waals surface area (Å²) >= 11 is 0. The molecule has 0 aliphatic heterocycles. The SMILES string of the molecule is CN[C@H](CNC(=O)/C=C/c1cccc(C(F)(F)F)c1)Cc1c(C)cc(O)cc1C. The summed E-state index contributed by atoms with van der Waals surface area (Å²) in [5, 5.41) is 15.6. The van der Waals surface area contributed by atoms with Crippen LogP contribution in [0.5, 0.6) is 5.75 Å². The first-order chi connectivity index (χ1) is 13.6. The van der Waals surface area contributed by atoms with Gasteiger partial charge in [-0.25, -0.2) is 0 Å². The third-order valence-corrected chi connectivity index (χ3v) is 4.70. The number of phenols is 1. The van der Waals surface area contributed by atoms with Gasteiger partial charge in [-0.1, -0.05) is 12.1 Å². The highest BCUT2D eigenvalue weighted by Gasteiger charge is 2.30. The summed E-state index contributed by atoms with van der Waals surface area (Å²) in [5.74, 6) is -0.167. The Morgan fingerprint density at radius 2 is 1.83 bits per heavy atom. The average Bonchev–Trinajstić information content (AvgIpc) is 2.64. The lowest BCUT2D eigenvalue weighted by Gasteiger charge is -2.19. The zero-order valence-electron chi connectivity index (χ0n) is 16.6. The molecule has 29 heavy (non-hydrogen) atoms. The first kappa shape index (κ1) is 22.5. The number of carbonyl (C=O) groups is 1. The second kappa shape index (κ2) is 9.60. The van der Waals surface area contributed by atoms with Crippen LogP contribution in [0.1, 0.15) is 27.8 Å². The average molecular weight is 406 g/mol. The van der Waals surface area contributed by atoms with E-state index in [4.69, 9.17) is 0 Å². The summed E-state index contributed by atoms with van der Waals surface area (Å²) in [6.45, 7) is 4.19. The van der Waals surface area contributed by atoms with Crippen LogP contribution >= 0.6 is 0 Å². The van der Waals surface area contributed by atoms with E-state index >= 15 is 0 Å². The molecule has 0 heterocycles. The molecule has 0 spiro atoms. The Bertz CT molecular complexity index is 869. The molecule has 0 fully saturated rings. The van der Waals surface area contributed by atoms with Gasteiger partial charge in [0, 0.05) is 18.7 Å². The Labute approximate surface area is 168 Å². The van der Waals surface area contributed by atoms with Crippen LogP contribution < -0.4 is 10.6 Å². The van der Waals surface area contributed by atoms with Gasteiger partial charge in [0.15, 0.2) is 0 Å². The number of phenolic OH excluding ortho intramolecular Hbond substituents is 1. The van der Waals surface area contributed by atoms with Gasteiger partial charge in [0.1, 0.15) is 5.75 Å². The molecule has 2 rings (SSSR count). The van der Waals surface area contributed by atoms with E-state index in [0.29, 0.717) is 18.5 Å². The van der Waals surface area contributed by atoms with Crippen LogP contribution in [-0.2, 0) is 17.4 Å². The number of amides is 1. The van der Waals surface area contributed by atoms with E-state index in [0.717, 1.165) is 28.8 Å². The number of nitrogens with one attached hydrogen (secondary N) is 2. The molecule has 0 bridgehead atoms. The fourth-order valence-corrected chi connectivity index (χ4v) is 3.09. The minimum absolute atomic E-state index is 0.0390. The van der Waals surface area contributed by atoms with E-state index in [1.54, 1.807) is 19.2 Å². The van der Waals surface area contributed by atoms with E-state index in [1.807, 2.05) is 13.8 Å². The third kappa shape index (κ3) is 6.64. The number of hydrogen-bond acceptors (Lipinski definition) is 3. The predicted molar refractivity (Wildman–Crippen MR) is 108 cm³/mol. The minimum atomic E-state index is -4.42. The highest BCUT2D eigenvalue weighted by Crippen LogP contribution is 2.29. The Hall–Kier alpha value is -2.80. The fourth-order valence-electron chi connectivity index (χ4n) is 3.09. The Morgan fingerprint density at radius 1 is 1.17 bits per heavy atom. The number of carbonyl (C=O) groups excluding carboxylic acids is 1. The summed E-state index contributed by atoms with van der Waals surface area (Å²) < 4.78 is 38.2. The number of aromatic hydroxyl groups is 1. The molecule has 0 unspecified atom stereocenters. The smallest absolute Gasteiger partial charge is 0.416 e. The molecule has 4 nitrogen and oxygen atoms in total. The summed E-state index contributed by atoms with van der Waals surface area (Å²) in [7, 11) is 1.79. The fraction of sp³-hybridized carbons (Fsp3) is 0.318. The summed E-state index contributed by atoms with van der Waals surface area (Å²) in [6.07, 6.45) is -1.19. The lowest BCUT2D eigenvalue weighted by Crippen LogP contribution is -2.40. The van der Waals surface area contributed by atoms with Crippen molar-refractivity contribution >= 4 is 12.0 Å². The maximum atomic E-state index is 12.7. The van der Waals surface area contributed by atoms with Crippen LogP contribution in [0.25, 0.3) is 6.08 Å². The van der Waals surface area contributed by atoms with Crippen molar-refractivity contribution in [3.63, 3.8) is 0 Å². The quantitative estimate of drug-likeness (QED) is 0.610. The molecule has 0 aliphatic rings. The topological polar surface area (TPSA) is 61.4 Å². The lowest BCUT2D eigenvalue weighted by molar-refractivity contribution is -0.137. The van der Waals surface area contributed by atoms with Gasteiger partial charge in [-0.15, -0.1) is 0 Å². The van der Waals surface area contributed by atoms with Crippen LogP contribution in [0.3, 0.4) is 0 Å². The zero-order chi connectivity index (χ0) is 21.6. The second-order valence-electron chi connectivity index (χ2n) is 6.95. The second-order valence-corrected chi connectivity index (χ2v) is 6.95. The monoisotopic (exact) mass is 406 g/mol. The maximum absolute atomic E-state index is 12.7. The van der Waals surface area contributed by atoms with E-state index in [1.165, 1.54) is 24.3 Å². The minimum Gasteiger partial charge on any atom is -0.508 e. The molecule has 1 atom stereocenters. The Balaban J connectivity index is 1.96. The van der Waals surface area contributed by atoms with Crippen molar-refractivity contribution < 1.29 is 23.1 Å². The molecular formula is C22H25F3N2O2. The lowest BCUT2D eigenvalue weighted by atomic mass is 9.96. The summed E-state index contributed by atoms with van der Waals surface area (Å²) in [4.78, 5) is 12.1. The largest absolute Gasteiger partial charge is 0.508 e. The van der Waals surface area contributed by atoms with Crippen LogP contribution in [0.2, 0.25) is 0 Å². The molecule has 0 radical (unpaired) electrons. The van der Waals surface area contributed by atoms with Crippen molar-refractivity contribution in [1.82, 2.24) is 10.6 Å². The molecular weight excluding hydrogens is 381 g/mol. The zero-order valence-corrected chi connectivity index (χ0v) is 16.6. The van der Waals surface area contributed by atoms with E-state index in [-0.39, 0.29) is 17.7 Å². The number of aryl methyl sites for hydroxylation is 2. The molecule has 7 heteroatoms. The van der Waals surface area contributed by atoms with Gasteiger partial charge in [-0.2, -0.15) is 13.2 Å². The number of likely N-dealkylation sites (N-methyl/N-ethyl adjacent to an activating group) is 1. The van der Waals surface area contributed by atoms with Gasteiger partial charge in [0.25, 0.3) is 0 Å². The van der Waals surface area contributed by atoms with Crippen molar-refractivity contribution in [3.8, 4) is 5.75 Å². The van der Waals surface area contributed by atoms with Gasteiger partial charge in [0.2, 0.25) is 5.91 Å². The van der Waals surface area contributed by atoms with Gasteiger partial charge >= 0.3 is 6.18 Å². The van der Waals surface area contributed by atoms with Crippen LogP contribution in [-0.4, -0.2) is 30.6 Å². The Kier molecular flexibility index (Phi) is 7.45. The summed E-state index contributed by atoms with van der Waals surface area (Å²) in [5.41, 5.74) is 2.58. The molecule has 156 valence electrons. The number of hydrogen-bond donors (Lipinski definition) is 3. The highest BCUT2D eigenvalue weighted by molar-refractivity contribution is 5.91. The summed E-state index contributed by atoms with van der Waals surface area (Å²) in [6, 6.07) is 8.16. The highest BCUT2D eigenvalue weighted by atomic mass is 19.4. The van der Waals surface area contributed by atoms with Crippen molar-refractivity contribution in [2.45, 2.75) is 32.5 Å². The van der Waals surface area contributed by atoms with Crippen LogP contribution in [0, 0.1) is 13.8 Å². The van der Waals surface area contributed by atoms with Gasteiger partial charge in [-0.05, 0) is 79.9 Å². The van der Waals surface area contributed by atoms with Gasteiger partial charge < -0.3 is 15.7 Å². The molecule has 0 aromatic heterocycles. The van der Waals surface area contributed by atoms with E-state index < -0.39 is 11.7 Å². The predicted octanol–water partition coefficient (Wildman–Crippen LogP) is 3.99. The normalized spacial score (nSPS) is 12.9. The molecule has 0 saturated heterocycles. The van der Waals surface area contributed by atoms with E-state index in [9.17, 15) is 23.1 Å². The Morgan fingerprint density at radius 3 is 2.41 bits per heavy atom. The molecule has 2 aromatic rings.